The van der Waals surface area contributed by atoms with E-state index in [4.69, 9.17) is 9.47 Å². The molecule has 10 heteroatoms. The van der Waals surface area contributed by atoms with Gasteiger partial charge >= 0.3 is 5.69 Å². The summed E-state index contributed by atoms with van der Waals surface area (Å²) in [6.07, 6.45) is 0. The highest BCUT2D eigenvalue weighted by Crippen LogP contribution is 2.30. The molecular formula is C22H26FN3O6. The van der Waals surface area contributed by atoms with Crippen LogP contribution < -0.4 is 14.8 Å². The molecule has 2 aromatic rings. The van der Waals surface area contributed by atoms with Gasteiger partial charge in [-0.2, -0.15) is 0 Å². The first kappa shape index (κ1) is 24.6. The van der Waals surface area contributed by atoms with E-state index in [1.54, 1.807) is 26.8 Å². The molecule has 1 N–H and O–H groups in total. The molecule has 0 bridgehead atoms. The van der Waals surface area contributed by atoms with Gasteiger partial charge in [-0.05, 0) is 32.9 Å². The third-order valence-corrected chi connectivity index (χ3v) is 4.61. The summed E-state index contributed by atoms with van der Waals surface area (Å²) >= 11 is 0. The van der Waals surface area contributed by atoms with Crippen LogP contribution in [0.15, 0.2) is 42.5 Å². The van der Waals surface area contributed by atoms with E-state index < -0.39 is 29.3 Å². The number of methoxy groups -OCH3 is 1. The number of nitro benzene ring substituents is 1. The van der Waals surface area contributed by atoms with E-state index in [2.05, 4.69) is 5.32 Å². The molecule has 0 aromatic heterocycles. The number of rotatable bonds is 10. The summed E-state index contributed by atoms with van der Waals surface area (Å²) in [4.78, 5) is 37.1. The smallest absolute Gasteiger partial charge is 0.311 e. The van der Waals surface area contributed by atoms with Crippen LogP contribution >= 0.6 is 0 Å². The van der Waals surface area contributed by atoms with Crippen LogP contribution in [0, 0.1) is 15.9 Å². The van der Waals surface area contributed by atoms with Crippen molar-refractivity contribution in [2.45, 2.75) is 39.4 Å². The van der Waals surface area contributed by atoms with Crippen LogP contribution in [0.5, 0.6) is 11.5 Å². The van der Waals surface area contributed by atoms with Crippen LogP contribution in [-0.2, 0) is 16.1 Å². The van der Waals surface area contributed by atoms with Crippen molar-refractivity contribution < 1.29 is 28.4 Å². The lowest BCUT2D eigenvalue weighted by atomic mass is 10.1. The van der Waals surface area contributed by atoms with Gasteiger partial charge in [-0.1, -0.05) is 18.2 Å². The van der Waals surface area contributed by atoms with Gasteiger partial charge in [0.1, 0.15) is 17.6 Å². The second-order valence-corrected chi connectivity index (χ2v) is 7.33. The average Bonchev–Trinajstić information content (AvgIpc) is 2.75. The third kappa shape index (κ3) is 6.40. The van der Waals surface area contributed by atoms with Crippen molar-refractivity contribution in [3.05, 3.63) is 64.0 Å². The second kappa shape index (κ2) is 11.1. The minimum atomic E-state index is -0.889. The predicted molar refractivity (Wildman–Crippen MR) is 115 cm³/mol. The van der Waals surface area contributed by atoms with Gasteiger partial charge in [-0.15, -0.1) is 0 Å². The molecule has 2 amide bonds. The first-order valence-electron chi connectivity index (χ1n) is 9.92. The van der Waals surface area contributed by atoms with Crippen LogP contribution in [0.4, 0.5) is 10.1 Å². The Bertz CT molecular complexity index is 982. The molecule has 0 radical (unpaired) electrons. The first-order chi connectivity index (χ1) is 15.1. The minimum absolute atomic E-state index is 0.0205. The van der Waals surface area contributed by atoms with Gasteiger partial charge in [0.2, 0.25) is 11.7 Å². The Morgan fingerprint density at radius 1 is 1.19 bits per heavy atom. The number of carbonyl (C=O) groups excluding carboxylic acids is 2. The fraction of sp³-hybridized carbons (Fsp3) is 0.364. The molecule has 0 fully saturated rings. The number of nitrogens with zero attached hydrogens (tertiary/aromatic N) is 2. The monoisotopic (exact) mass is 447 g/mol. The molecule has 2 rings (SSSR count). The average molecular weight is 447 g/mol. The van der Waals surface area contributed by atoms with Gasteiger partial charge in [-0.3, -0.25) is 19.7 Å². The zero-order chi connectivity index (χ0) is 23.8. The summed E-state index contributed by atoms with van der Waals surface area (Å²) in [6.45, 7) is 4.53. The van der Waals surface area contributed by atoms with Crippen molar-refractivity contribution in [1.82, 2.24) is 10.2 Å². The van der Waals surface area contributed by atoms with E-state index in [1.807, 2.05) is 0 Å². The molecular weight excluding hydrogens is 421 g/mol. The summed E-state index contributed by atoms with van der Waals surface area (Å²) in [5, 5.41) is 13.8. The van der Waals surface area contributed by atoms with Gasteiger partial charge in [0.05, 0.1) is 12.0 Å². The Morgan fingerprint density at radius 3 is 2.47 bits per heavy atom. The molecule has 32 heavy (non-hydrogen) atoms. The lowest BCUT2D eigenvalue weighted by Gasteiger charge is -2.29. The van der Waals surface area contributed by atoms with Gasteiger partial charge in [-0.25, -0.2) is 4.39 Å². The summed E-state index contributed by atoms with van der Waals surface area (Å²) in [7, 11) is 1.28. The lowest BCUT2D eigenvalue weighted by Crippen LogP contribution is -2.50. The molecule has 0 saturated carbocycles. The van der Waals surface area contributed by atoms with E-state index in [-0.39, 0.29) is 41.2 Å². The number of amides is 2. The van der Waals surface area contributed by atoms with Crippen LogP contribution in [0.1, 0.15) is 26.3 Å². The highest BCUT2D eigenvalue weighted by atomic mass is 19.1. The Morgan fingerprint density at radius 2 is 1.88 bits per heavy atom. The fourth-order valence-electron chi connectivity index (χ4n) is 2.92. The number of nitro groups is 1. The maximum Gasteiger partial charge on any atom is 0.311 e. The number of nitrogens with one attached hydrogen (secondary N) is 1. The number of ether oxygens (including phenoxy) is 2. The molecule has 0 aliphatic carbocycles. The Hall–Kier alpha value is -3.69. The zero-order valence-corrected chi connectivity index (χ0v) is 18.3. The quantitative estimate of drug-likeness (QED) is 0.443. The van der Waals surface area contributed by atoms with Crippen molar-refractivity contribution in [1.29, 1.82) is 0 Å². The minimum Gasteiger partial charge on any atom is -0.490 e. The van der Waals surface area contributed by atoms with Crippen LogP contribution in [0.2, 0.25) is 0 Å². The van der Waals surface area contributed by atoms with E-state index in [0.29, 0.717) is 0 Å². The van der Waals surface area contributed by atoms with Gasteiger partial charge in [0.25, 0.3) is 5.91 Å². The van der Waals surface area contributed by atoms with E-state index in [9.17, 15) is 24.1 Å². The number of hydrogen-bond donors (Lipinski definition) is 1. The molecule has 1 atom stereocenters. The van der Waals surface area contributed by atoms with E-state index in [0.717, 1.165) is 0 Å². The van der Waals surface area contributed by atoms with Gasteiger partial charge in [0.15, 0.2) is 6.61 Å². The number of carbonyl (C=O) groups is 2. The highest BCUT2D eigenvalue weighted by molar-refractivity contribution is 5.88. The molecule has 0 heterocycles. The lowest BCUT2D eigenvalue weighted by molar-refractivity contribution is -0.385. The maximum absolute atomic E-state index is 14.2. The zero-order valence-electron chi connectivity index (χ0n) is 18.3. The van der Waals surface area contributed by atoms with Crippen molar-refractivity contribution in [3.8, 4) is 11.5 Å². The number of benzene rings is 2. The summed E-state index contributed by atoms with van der Waals surface area (Å²) in [6, 6.07) is 8.78. The van der Waals surface area contributed by atoms with Crippen molar-refractivity contribution >= 4 is 17.5 Å². The molecule has 2 aromatic carbocycles. The summed E-state index contributed by atoms with van der Waals surface area (Å²) in [5.41, 5.74) is 0.00777. The van der Waals surface area contributed by atoms with Gasteiger partial charge in [0, 0.05) is 30.3 Å². The highest BCUT2D eigenvalue weighted by Gasteiger charge is 2.27. The van der Waals surface area contributed by atoms with Crippen molar-refractivity contribution in [2.24, 2.45) is 0 Å². The van der Waals surface area contributed by atoms with E-state index in [1.165, 1.54) is 48.4 Å². The third-order valence-electron chi connectivity index (χ3n) is 4.61. The molecule has 0 aliphatic rings. The Labute approximate surface area is 185 Å². The maximum atomic E-state index is 14.2. The normalized spacial score (nSPS) is 11.6. The van der Waals surface area contributed by atoms with Crippen LogP contribution in [0.3, 0.4) is 0 Å². The predicted octanol–water partition coefficient (Wildman–Crippen LogP) is 3.06. The molecule has 9 nitrogen and oxygen atoms in total. The molecule has 0 unspecified atom stereocenters. The van der Waals surface area contributed by atoms with Gasteiger partial charge < -0.3 is 19.7 Å². The molecule has 172 valence electrons. The first-order valence-corrected chi connectivity index (χ1v) is 9.92. The van der Waals surface area contributed by atoms with Crippen LogP contribution in [-0.4, -0.2) is 47.4 Å². The Kier molecular flexibility index (Phi) is 8.51. The molecule has 0 spiro atoms. The topological polar surface area (TPSA) is 111 Å². The van der Waals surface area contributed by atoms with E-state index >= 15 is 0 Å². The summed E-state index contributed by atoms with van der Waals surface area (Å²) in [5.74, 6) is -1.29. The fourth-order valence-corrected chi connectivity index (χ4v) is 2.92. The largest absolute Gasteiger partial charge is 0.490 e. The van der Waals surface area contributed by atoms with Crippen molar-refractivity contribution in [3.63, 3.8) is 0 Å². The van der Waals surface area contributed by atoms with Crippen molar-refractivity contribution in [2.75, 3.05) is 13.7 Å². The second-order valence-electron chi connectivity index (χ2n) is 7.33. The number of halogens is 1. The Balaban J connectivity index is 2.21. The molecule has 0 aliphatic heterocycles. The SMILES string of the molecule is COc1cc(OCC(=O)N(Cc2ccccc2F)[C@H](C)C(=O)NC(C)C)ccc1[N+](=O)[O-]. The number of hydrogen-bond acceptors (Lipinski definition) is 6. The standard InChI is InChI=1S/C22H26FN3O6/c1-14(2)24-22(28)15(3)25(12-16-7-5-6-8-18(16)23)21(27)13-32-17-9-10-19(26(29)30)20(11-17)31-4/h5-11,14-15H,12-13H2,1-4H3,(H,24,28)/t15-/m1/s1. The van der Waals surface area contributed by atoms with Crippen LogP contribution in [0.25, 0.3) is 0 Å². The molecule has 0 saturated heterocycles. The summed E-state index contributed by atoms with van der Waals surface area (Å²) < 4.78 is 24.7.